The van der Waals surface area contributed by atoms with Crippen LogP contribution in [0.3, 0.4) is 0 Å². The summed E-state index contributed by atoms with van der Waals surface area (Å²) in [6, 6.07) is 19.5. The predicted octanol–water partition coefficient (Wildman–Crippen LogP) is 3.40. The monoisotopic (exact) mass is 456 g/mol. The lowest BCUT2D eigenvalue weighted by Crippen LogP contribution is -2.69. The van der Waals surface area contributed by atoms with E-state index in [-0.39, 0.29) is 17.0 Å². The molecule has 31 heavy (non-hydrogen) atoms. The topological polar surface area (TPSA) is 86.7 Å². The smallest absolute Gasteiger partial charge is 0.352 e. The molecule has 162 valence electrons. The zero-order chi connectivity index (χ0) is 22.2. The Morgan fingerprint density at radius 1 is 1.19 bits per heavy atom. The molecule has 2 unspecified atom stereocenters. The number of thioether (sulfide) groups is 2. The number of carbonyl (C=O) groups excluding carboxylic acids is 2. The van der Waals surface area contributed by atoms with Gasteiger partial charge in [-0.15, -0.1) is 23.5 Å². The molecule has 2 aliphatic heterocycles. The number of rotatable bonds is 7. The summed E-state index contributed by atoms with van der Waals surface area (Å²) in [5.41, 5.74) is 2.20. The van der Waals surface area contributed by atoms with Gasteiger partial charge in [-0.3, -0.25) is 14.5 Å². The third-order valence-corrected chi connectivity index (χ3v) is 7.34. The number of carboxylic acid groups (broad SMARTS) is 1. The van der Waals surface area contributed by atoms with Crippen LogP contribution in [-0.2, 0) is 20.8 Å². The fourth-order valence-corrected chi connectivity index (χ4v) is 5.70. The van der Waals surface area contributed by atoms with Crippen molar-refractivity contribution in [2.24, 2.45) is 0 Å². The number of aliphatic carboxylic acids is 1. The van der Waals surface area contributed by atoms with Crippen LogP contribution in [-0.4, -0.2) is 51.2 Å². The van der Waals surface area contributed by atoms with E-state index in [1.54, 1.807) is 11.8 Å². The van der Waals surface area contributed by atoms with Gasteiger partial charge in [0.05, 0.1) is 0 Å². The first-order valence-electron chi connectivity index (χ1n) is 9.88. The Morgan fingerprint density at radius 2 is 1.84 bits per heavy atom. The maximum Gasteiger partial charge on any atom is 0.352 e. The van der Waals surface area contributed by atoms with E-state index in [1.807, 2.05) is 36.4 Å². The van der Waals surface area contributed by atoms with E-state index in [1.165, 1.54) is 22.2 Å². The van der Waals surface area contributed by atoms with Crippen LogP contribution in [0.1, 0.15) is 12.5 Å². The average Bonchev–Trinajstić information content (AvgIpc) is 2.82. The van der Waals surface area contributed by atoms with Crippen molar-refractivity contribution in [2.75, 3.05) is 11.5 Å². The first-order valence-corrected chi connectivity index (χ1v) is 11.9. The summed E-state index contributed by atoms with van der Waals surface area (Å²) in [5.74, 6) is -0.417. The minimum absolute atomic E-state index is 0.0612. The van der Waals surface area contributed by atoms with Crippen LogP contribution in [0.5, 0.6) is 0 Å². The fourth-order valence-electron chi connectivity index (χ4n) is 3.29. The van der Waals surface area contributed by atoms with Gasteiger partial charge in [0.1, 0.15) is 17.1 Å². The van der Waals surface area contributed by atoms with Crippen molar-refractivity contribution >= 4 is 41.8 Å². The van der Waals surface area contributed by atoms with Crippen molar-refractivity contribution in [1.82, 2.24) is 10.2 Å². The number of β-lactam (4-membered cyclic amide) rings is 1. The molecule has 0 saturated carbocycles. The normalized spacial score (nSPS) is 19.5. The number of nitrogens with one attached hydrogen (secondary N) is 1. The molecule has 6 nitrogen and oxygen atoms in total. The molecule has 2 amide bonds. The van der Waals surface area contributed by atoms with Gasteiger partial charge in [0.25, 0.3) is 5.91 Å². The van der Waals surface area contributed by atoms with E-state index < -0.39 is 12.0 Å². The fraction of sp³-hybridized carbons (Fsp3) is 0.261. The minimum Gasteiger partial charge on any atom is -0.477 e. The van der Waals surface area contributed by atoms with Crippen molar-refractivity contribution in [2.45, 2.75) is 29.7 Å². The lowest BCUT2D eigenvalue weighted by Gasteiger charge is -2.49. The second-order valence-corrected chi connectivity index (χ2v) is 9.02. The number of fused-ring (bicyclic) bond motifs is 1. The number of hydrogen-bond donors (Lipinski definition) is 2. The second-order valence-electron chi connectivity index (χ2n) is 6.87. The quantitative estimate of drug-likeness (QED) is 0.377. The van der Waals surface area contributed by atoms with Crippen LogP contribution in [0.2, 0.25) is 0 Å². The Kier molecular flexibility index (Phi) is 8.20. The molecule has 2 atom stereocenters. The predicted molar refractivity (Wildman–Crippen MR) is 124 cm³/mol. The van der Waals surface area contributed by atoms with Crippen molar-refractivity contribution in [3.8, 4) is 0 Å². The number of amides is 2. The van der Waals surface area contributed by atoms with Gasteiger partial charge in [0.2, 0.25) is 6.41 Å². The number of carboxylic acids is 1. The molecule has 2 heterocycles. The Labute approximate surface area is 190 Å². The molecule has 0 aliphatic carbocycles. The van der Waals surface area contributed by atoms with Gasteiger partial charge < -0.3 is 10.4 Å². The molecule has 0 radical (unpaired) electrons. The lowest BCUT2D eigenvalue weighted by atomic mass is 10.0. The van der Waals surface area contributed by atoms with Crippen molar-refractivity contribution < 1.29 is 19.5 Å². The molecule has 8 heteroatoms. The molecule has 2 N–H and O–H groups in total. The van der Waals surface area contributed by atoms with Crippen molar-refractivity contribution in [3.05, 3.63) is 77.5 Å². The van der Waals surface area contributed by atoms with E-state index in [4.69, 9.17) is 0 Å². The third kappa shape index (κ3) is 5.51. The zero-order valence-electron chi connectivity index (χ0n) is 17.1. The second kappa shape index (κ2) is 11.1. The molecule has 0 aromatic heterocycles. The van der Waals surface area contributed by atoms with E-state index in [0.29, 0.717) is 17.9 Å². The molecule has 2 aliphatic rings. The van der Waals surface area contributed by atoms with Crippen molar-refractivity contribution in [3.63, 3.8) is 0 Å². The van der Waals surface area contributed by atoms with E-state index in [9.17, 15) is 19.5 Å². The Balaban J connectivity index is 0.000000287. The standard InChI is InChI=1S/C15H14N2O4S2.C8H10/c18-8-16-11-13(19)17-12(15(20)21)9(7-23-14(11)17)6-22-10-4-2-1-3-5-10;1-2-8-6-4-3-5-7-8/h1-5,8,11,14H,6-7H2,(H,16,18)(H,20,21);3-7H,2H2,1H3. The van der Waals surface area contributed by atoms with Gasteiger partial charge in [0.15, 0.2) is 0 Å². The molecule has 4 rings (SSSR count). The maximum absolute atomic E-state index is 12.1. The summed E-state index contributed by atoms with van der Waals surface area (Å²) in [6.07, 6.45) is 1.62. The average molecular weight is 457 g/mol. The number of nitrogens with zero attached hydrogens (tertiary/aromatic N) is 1. The van der Waals surface area contributed by atoms with Gasteiger partial charge in [-0.1, -0.05) is 55.5 Å². The largest absolute Gasteiger partial charge is 0.477 e. The highest BCUT2D eigenvalue weighted by atomic mass is 32.2. The molecule has 0 bridgehead atoms. The SMILES string of the molecule is CCc1ccccc1.O=CNC1C(=O)N2C(C(=O)O)=C(CSc3ccccc3)CSC12. The first-order chi connectivity index (χ1) is 15.1. The lowest BCUT2D eigenvalue weighted by molar-refractivity contribution is -0.149. The Hall–Kier alpha value is -2.71. The summed E-state index contributed by atoms with van der Waals surface area (Å²) < 4.78 is 0. The minimum atomic E-state index is -1.10. The highest BCUT2D eigenvalue weighted by Gasteiger charge is 2.53. The van der Waals surface area contributed by atoms with E-state index in [0.717, 1.165) is 16.9 Å². The highest BCUT2D eigenvalue weighted by Crippen LogP contribution is 2.41. The highest BCUT2D eigenvalue weighted by molar-refractivity contribution is 8.01. The van der Waals surface area contributed by atoms with E-state index >= 15 is 0 Å². The summed E-state index contributed by atoms with van der Waals surface area (Å²) in [6.45, 7) is 2.16. The summed E-state index contributed by atoms with van der Waals surface area (Å²) in [7, 11) is 0. The molecule has 2 aromatic carbocycles. The third-order valence-electron chi connectivity index (χ3n) is 4.90. The Bertz CT molecular complexity index is 951. The van der Waals surface area contributed by atoms with Crippen LogP contribution in [0.25, 0.3) is 0 Å². The zero-order valence-corrected chi connectivity index (χ0v) is 18.7. The summed E-state index contributed by atoms with van der Waals surface area (Å²) in [5, 5.41) is 11.6. The Morgan fingerprint density at radius 3 is 2.39 bits per heavy atom. The van der Waals surface area contributed by atoms with Gasteiger partial charge in [-0.25, -0.2) is 4.79 Å². The van der Waals surface area contributed by atoms with Crippen LogP contribution in [0.15, 0.2) is 76.8 Å². The number of benzene rings is 2. The van der Waals surface area contributed by atoms with Crippen LogP contribution < -0.4 is 5.32 Å². The molecular weight excluding hydrogens is 432 g/mol. The number of hydrogen-bond acceptors (Lipinski definition) is 5. The molecule has 1 fully saturated rings. The number of carbonyl (C=O) groups is 3. The molecule has 0 spiro atoms. The van der Waals surface area contributed by atoms with Gasteiger partial charge in [0, 0.05) is 16.4 Å². The molecular formula is C23H24N2O4S2. The summed E-state index contributed by atoms with van der Waals surface area (Å²) in [4.78, 5) is 36.6. The van der Waals surface area contributed by atoms with Crippen LogP contribution in [0.4, 0.5) is 0 Å². The van der Waals surface area contributed by atoms with E-state index in [2.05, 4.69) is 36.5 Å². The molecule has 1 saturated heterocycles. The van der Waals surface area contributed by atoms with Gasteiger partial charge in [-0.05, 0) is 29.7 Å². The first kappa shape index (κ1) is 23.0. The van der Waals surface area contributed by atoms with Crippen molar-refractivity contribution in [1.29, 1.82) is 0 Å². The van der Waals surface area contributed by atoms with Crippen LogP contribution in [0, 0.1) is 0 Å². The summed E-state index contributed by atoms with van der Waals surface area (Å²) >= 11 is 3.02. The number of aryl methyl sites for hydroxylation is 1. The van der Waals surface area contributed by atoms with Gasteiger partial charge in [-0.2, -0.15) is 0 Å². The maximum atomic E-state index is 12.1. The molecule has 2 aromatic rings. The van der Waals surface area contributed by atoms with Gasteiger partial charge >= 0.3 is 5.97 Å². The van der Waals surface area contributed by atoms with Crippen LogP contribution >= 0.6 is 23.5 Å².